The first-order valence-corrected chi connectivity index (χ1v) is 6.66. The lowest BCUT2D eigenvalue weighted by Crippen LogP contribution is -2.23. The third kappa shape index (κ3) is 7.24. The number of methoxy groups -OCH3 is 1. The van der Waals surface area contributed by atoms with E-state index in [1.165, 1.54) is 6.42 Å². The smallest absolute Gasteiger partial charge is 0.0622 e. The van der Waals surface area contributed by atoms with Crippen LogP contribution in [0.5, 0.6) is 0 Å². The van der Waals surface area contributed by atoms with Crippen molar-refractivity contribution in [2.24, 2.45) is 5.92 Å². The standard InChI is InChI=1S/C14H30O2/c1-6-7-10-13(15)12(2)9-8-11-14(3,4)16-5/h12-13,15H,6-11H2,1-5H3. The molecule has 0 fully saturated rings. The Morgan fingerprint density at radius 3 is 2.31 bits per heavy atom. The van der Waals surface area contributed by atoms with E-state index in [1.807, 2.05) is 0 Å². The van der Waals surface area contributed by atoms with E-state index in [-0.39, 0.29) is 11.7 Å². The molecule has 0 saturated carbocycles. The number of ether oxygens (including phenoxy) is 1. The first-order chi connectivity index (χ1) is 7.43. The molecule has 0 radical (unpaired) electrons. The Morgan fingerprint density at radius 2 is 1.81 bits per heavy atom. The number of aliphatic hydroxyl groups excluding tert-OH is 1. The van der Waals surface area contributed by atoms with Crippen molar-refractivity contribution in [2.75, 3.05) is 7.11 Å². The maximum atomic E-state index is 9.90. The number of rotatable bonds is 9. The summed E-state index contributed by atoms with van der Waals surface area (Å²) >= 11 is 0. The van der Waals surface area contributed by atoms with Crippen LogP contribution in [0.3, 0.4) is 0 Å². The van der Waals surface area contributed by atoms with Crippen LogP contribution in [0, 0.1) is 5.92 Å². The molecule has 0 aliphatic rings. The maximum Gasteiger partial charge on any atom is 0.0622 e. The van der Waals surface area contributed by atoms with Crippen LogP contribution < -0.4 is 0 Å². The number of hydrogen-bond acceptors (Lipinski definition) is 2. The van der Waals surface area contributed by atoms with Crippen molar-refractivity contribution in [3.05, 3.63) is 0 Å². The van der Waals surface area contributed by atoms with E-state index in [2.05, 4.69) is 27.7 Å². The van der Waals surface area contributed by atoms with E-state index in [9.17, 15) is 5.11 Å². The number of hydrogen-bond donors (Lipinski definition) is 1. The van der Waals surface area contributed by atoms with E-state index in [1.54, 1.807) is 7.11 Å². The van der Waals surface area contributed by atoms with E-state index < -0.39 is 0 Å². The largest absolute Gasteiger partial charge is 0.393 e. The molecule has 2 nitrogen and oxygen atoms in total. The average molecular weight is 230 g/mol. The topological polar surface area (TPSA) is 29.5 Å². The van der Waals surface area contributed by atoms with Gasteiger partial charge in [-0.3, -0.25) is 0 Å². The molecular formula is C14H30O2. The second kappa shape index (κ2) is 8.08. The van der Waals surface area contributed by atoms with Gasteiger partial charge in [-0.15, -0.1) is 0 Å². The van der Waals surface area contributed by atoms with Gasteiger partial charge in [0.1, 0.15) is 0 Å². The zero-order valence-corrected chi connectivity index (χ0v) is 11.8. The highest BCUT2D eigenvalue weighted by Gasteiger charge is 2.18. The lowest BCUT2D eigenvalue weighted by atomic mass is 9.91. The lowest BCUT2D eigenvalue weighted by molar-refractivity contribution is 0.0104. The minimum absolute atomic E-state index is 0.0198. The van der Waals surface area contributed by atoms with Crippen molar-refractivity contribution in [1.29, 1.82) is 0 Å². The highest BCUT2D eigenvalue weighted by molar-refractivity contribution is 4.70. The van der Waals surface area contributed by atoms with Crippen LogP contribution in [0.15, 0.2) is 0 Å². The van der Waals surface area contributed by atoms with E-state index in [0.29, 0.717) is 5.92 Å². The fraction of sp³-hybridized carbons (Fsp3) is 1.00. The molecule has 0 heterocycles. The molecule has 0 amide bonds. The molecule has 1 N–H and O–H groups in total. The van der Waals surface area contributed by atoms with Crippen molar-refractivity contribution < 1.29 is 9.84 Å². The Labute approximate surface area is 101 Å². The third-order valence-electron chi connectivity index (χ3n) is 3.50. The average Bonchev–Trinajstić information content (AvgIpc) is 2.25. The second-order valence-corrected chi connectivity index (χ2v) is 5.54. The normalized spacial score (nSPS) is 16.1. The second-order valence-electron chi connectivity index (χ2n) is 5.54. The minimum Gasteiger partial charge on any atom is -0.393 e. The van der Waals surface area contributed by atoms with Gasteiger partial charge in [0, 0.05) is 7.11 Å². The van der Waals surface area contributed by atoms with Gasteiger partial charge in [-0.25, -0.2) is 0 Å². The molecule has 0 spiro atoms. The third-order valence-corrected chi connectivity index (χ3v) is 3.50. The van der Waals surface area contributed by atoms with Crippen molar-refractivity contribution in [2.45, 2.75) is 77.9 Å². The summed E-state index contributed by atoms with van der Waals surface area (Å²) in [6.07, 6.45) is 6.42. The monoisotopic (exact) mass is 230 g/mol. The number of unbranched alkanes of at least 4 members (excludes halogenated alkanes) is 1. The van der Waals surface area contributed by atoms with Gasteiger partial charge in [-0.2, -0.15) is 0 Å². The molecule has 16 heavy (non-hydrogen) atoms. The maximum absolute atomic E-state index is 9.90. The van der Waals surface area contributed by atoms with Crippen molar-refractivity contribution in [3.63, 3.8) is 0 Å². The van der Waals surface area contributed by atoms with Gasteiger partial charge in [0.05, 0.1) is 11.7 Å². The predicted octanol–water partition coefficient (Wildman–Crippen LogP) is 3.77. The summed E-state index contributed by atoms with van der Waals surface area (Å²) in [5.74, 6) is 0.416. The summed E-state index contributed by atoms with van der Waals surface area (Å²) in [6, 6.07) is 0. The molecule has 98 valence electrons. The Bertz CT molecular complexity index is 166. The zero-order chi connectivity index (χ0) is 12.6. The summed E-state index contributed by atoms with van der Waals surface area (Å²) < 4.78 is 5.38. The van der Waals surface area contributed by atoms with E-state index in [0.717, 1.165) is 32.1 Å². The van der Waals surface area contributed by atoms with Gasteiger partial charge in [0.25, 0.3) is 0 Å². The molecule has 0 aromatic heterocycles. The van der Waals surface area contributed by atoms with Crippen molar-refractivity contribution >= 4 is 0 Å². The van der Waals surface area contributed by atoms with Crippen LogP contribution in [0.1, 0.15) is 66.2 Å². The Hall–Kier alpha value is -0.0800. The van der Waals surface area contributed by atoms with Gasteiger partial charge in [-0.05, 0) is 39.0 Å². The Balaban J connectivity index is 3.68. The van der Waals surface area contributed by atoms with Crippen LogP contribution in [-0.2, 0) is 4.74 Å². The van der Waals surface area contributed by atoms with Crippen LogP contribution in [0.4, 0.5) is 0 Å². The van der Waals surface area contributed by atoms with Crippen LogP contribution in [0.25, 0.3) is 0 Å². The van der Waals surface area contributed by atoms with Gasteiger partial charge < -0.3 is 9.84 Å². The van der Waals surface area contributed by atoms with Gasteiger partial charge in [-0.1, -0.05) is 33.1 Å². The first kappa shape index (κ1) is 15.9. The quantitative estimate of drug-likeness (QED) is 0.653. The number of aliphatic hydroxyl groups is 1. The fourth-order valence-corrected chi connectivity index (χ4v) is 1.84. The van der Waals surface area contributed by atoms with Gasteiger partial charge in [0.15, 0.2) is 0 Å². The van der Waals surface area contributed by atoms with Gasteiger partial charge >= 0.3 is 0 Å². The molecule has 0 aromatic carbocycles. The molecule has 2 heteroatoms. The Kier molecular flexibility index (Phi) is 8.04. The van der Waals surface area contributed by atoms with Gasteiger partial charge in [0.2, 0.25) is 0 Å². The van der Waals surface area contributed by atoms with E-state index >= 15 is 0 Å². The summed E-state index contributed by atoms with van der Waals surface area (Å²) in [5.41, 5.74) is -0.0198. The summed E-state index contributed by atoms with van der Waals surface area (Å²) in [6.45, 7) is 8.55. The molecule has 2 atom stereocenters. The molecule has 0 aliphatic carbocycles. The molecule has 0 rings (SSSR count). The highest BCUT2D eigenvalue weighted by Crippen LogP contribution is 2.21. The Morgan fingerprint density at radius 1 is 1.19 bits per heavy atom. The van der Waals surface area contributed by atoms with Crippen molar-refractivity contribution in [1.82, 2.24) is 0 Å². The van der Waals surface area contributed by atoms with Crippen molar-refractivity contribution in [3.8, 4) is 0 Å². The lowest BCUT2D eigenvalue weighted by Gasteiger charge is -2.24. The molecule has 0 aliphatic heterocycles. The molecule has 0 bridgehead atoms. The predicted molar refractivity (Wildman–Crippen MR) is 69.6 cm³/mol. The molecule has 2 unspecified atom stereocenters. The summed E-state index contributed by atoms with van der Waals surface area (Å²) in [7, 11) is 1.76. The zero-order valence-electron chi connectivity index (χ0n) is 11.8. The minimum atomic E-state index is -0.120. The van der Waals surface area contributed by atoms with Crippen LogP contribution in [0.2, 0.25) is 0 Å². The SMILES string of the molecule is CCCCC(O)C(C)CCCC(C)(C)OC. The van der Waals surface area contributed by atoms with E-state index in [4.69, 9.17) is 4.74 Å². The summed E-state index contributed by atoms with van der Waals surface area (Å²) in [5, 5.41) is 9.90. The van der Waals surface area contributed by atoms with Crippen LogP contribution in [-0.4, -0.2) is 23.9 Å². The first-order valence-electron chi connectivity index (χ1n) is 6.66. The highest BCUT2D eigenvalue weighted by atomic mass is 16.5. The summed E-state index contributed by atoms with van der Waals surface area (Å²) in [4.78, 5) is 0. The fourth-order valence-electron chi connectivity index (χ4n) is 1.84. The molecule has 0 aromatic rings. The molecular weight excluding hydrogens is 200 g/mol. The van der Waals surface area contributed by atoms with Crippen LogP contribution >= 0.6 is 0 Å². The molecule has 0 saturated heterocycles.